The minimum atomic E-state index is -0.299. The molecule has 0 aromatic carbocycles. The molecule has 26 heavy (non-hydrogen) atoms. The van der Waals surface area contributed by atoms with Crippen LogP contribution in [0.4, 0.5) is 0 Å². The smallest absolute Gasteiger partial charge is 0.225 e. The summed E-state index contributed by atoms with van der Waals surface area (Å²) >= 11 is 0. The summed E-state index contributed by atoms with van der Waals surface area (Å²) in [6, 6.07) is 0.400. The lowest BCUT2D eigenvalue weighted by Gasteiger charge is -2.36. The molecule has 4 rings (SSSR count). The van der Waals surface area contributed by atoms with E-state index >= 15 is 0 Å². The second-order valence-electron chi connectivity index (χ2n) is 8.21. The molecule has 1 amide bonds. The van der Waals surface area contributed by atoms with Crippen molar-refractivity contribution in [3.8, 4) is 0 Å². The Kier molecular flexibility index (Phi) is 4.96. The molecule has 3 fully saturated rings. The van der Waals surface area contributed by atoms with Crippen LogP contribution in [-0.2, 0) is 15.1 Å². The molecule has 8 nitrogen and oxygen atoms in total. The summed E-state index contributed by atoms with van der Waals surface area (Å²) in [7, 11) is 4.16. The van der Waals surface area contributed by atoms with E-state index in [0.29, 0.717) is 25.8 Å². The van der Waals surface area contributed by atoms with Gasteiger partial charge in [-0.3, -0.25) is 9.69 Å². The van der Waals surface area contributed by atoms with Crippen molar-refractivity contribution in [1.29, 1.82) is 0 Å². The molecule has 0 bridgehead atoms. The van der Waals surface area contributed by atoms with Crippen LogP contribution < -0.4 is 0 Å². The van der Waals surface area contributed by atoms with Gasteiger partial charge in [0.25, 0.3) is 0 Å². The van der Waals surface area contributed by atoms with Crippen LogP contribution in [-0.4, -0.2) is 76.3 Å². The van der Waals surface area contributed by atoms with Crippen LogP contribution in [0.2, 0.25) is 0 Å². The number of carbonyl (C=O) groups excluding carboxylic acids is 1. The minimum Gasteiger partial charge on any atom is -0.381 e. The lowest BCUT2D eigenvalue weighted by Crippen LogP contribution is -2.48. The zero-order valence-electron chi connectivity index (χ0n) is 15.9. The van der Waals surface area contributed by atoms with E-state index in [1.165, 1.54) is 12.8 Å². The minimum absolute atomic E-state index is 0.104. The SMILES string of the molecule is CN(C)C1(c2nnnn2C2CCCC2)CCN(C(=O)C2CCOCC2)C1. The van der Waals surface area contributed by atoms with Gasteiger partial charge in [0.15, 0.2) is 5.82 Å². The van der Waals surface area contributed by atoms with Crippen LogP contribution in [0.5, 0.6) is 0 Å². The van der Waals surface area contributed by atoms with E-state index in [1.54, 1.807) is 0 Å². The molecular formula is C18H30N6O2. The first-order valence-corrected chi connectivity index (χ1v) is 9.94. The summed E-state index contributed by atoms with van der Waals surface area (Å²) in [4.78, 5) is 17.3. The van der Waals surface area contributed by atoms with Crippen LogP contribution in [0.15, 0.2) is 0 Å². The van der Waals surface area contributed by atoms with Gasteiger partial charge < -0.3 is 9.64 Å². The molecule has 1 aromatic rings. The van der Waals surface area contributed by atoms with Gasteiger partial charge in [0, 0.05) is 32.2 Å². The Morgan fingerprint density at radius 3 is 2.62 bits per heavy atom. The topological polar surface area (TPSA) is 76.4 Å². The van der Waals surface area contributed by atoms with Crippen molar-refractivity contribution < 1.29 is 9.53 Å². The zero-order chi connectivity index (χ0) is 18.1. The molecular weight excluding hydrogens is 332 g/mol. The summed E-state index contributed by atoms with van der Waals surface area (Å²) in [5.74, 6) is 1.31. The maximum Gasteiger partial charge on any atom is 0.225 e. The molecule has 2 saturated heterocycles. The molecule has 3 heterocycles. The third-order valence-electron chi connectivity index (χ3n) is 6.57. The number of likely N-dealkylation sites (N-methyl/N-ethyl adjacent to an activating group) is 1. The Labute approximate surface area is 154 Å². The fourth-order valence-corrected chi connectivity index (χ4v) is 4.83. The van der Waals surface area contributed by atoms with Crippen molar-refractivity contribution in [2.24, 2.45) is 5.92 Å². The normalized spacial score (nSPS) is 28.3. The van der Waals surface area contributed by atoms with Crippen molar-refractivity contribution >= 4 is 5.91 Å². The highest BCUT2D eigenvalue weighted by Gasteiger charge is 2.48. The highest BCUT2D eigenvalue weighted by molar-refractivity contribution is 5.79. The number of carbonyl (C=O) groups is 1. The number of amides is 1. The first-order valence-electron chi connectivity index (χ1n) is 9.94. The van der Waals surface area contributed by atoms with Crippen LogP contribution in [0.3, 0.4) is 0 Å². The van der Waals surface area contributed by atoms with Crippen LogP contribution in [0.1, 0.15) is 56.8 Å². The van der Waals surface area contributed by atoms with E-state index in [0.717, 1.165) is 44.5 Å². The second-order valence-corrected chi connectivity index (χ2v) is 8.21. The first-order chi connectivity index (χ1) is 12.6. The molecule has 8 heteroatoms. The molecule has 144 valence electrons. The number of likely N-dealkylation sites (tertiary alicyclic amines) is 1. The van der Waals surface area contributed by atoms with Crippen molar-refractivity contribution in [3.05, 3.63) is 5.82 Å². The van der Waals surface area contributed by atoms with E-state index in [9.17, 15) is 4.79 Å². The molecule has 1 aliphatic carbocycles. The Balaban J connectivity index is 1.57. The van der Waals surface area contributed by atoms with Gasteiger partial charge >= 0.3 is 0 Å². The average Bonchev–Trinajstić information content (AvgIpc) is 3.40. The highest BCUT2D eigenvalue weighted by Crippen LogP contribution is 2.39. The summed E-state index contributed by atoms with van der Waals surface area (Å²) < 4.78 is 7.47. The Hall–Kier alpha value is -1.54. The van der Waals surface area contributed by atoms with E-state index in [-0.39, 0.29) is 17.4 Å². The molecule has 1 aromatic heterocycles. The Bertz CT molecular complexity index is 635. The van der Waals surface area contributed by atoms with Crippen LogP contribution in [0, 0.1) is 5.92 Å². The monoisotopic (exact) mass is 362 g/mol. The predicted molar refractivity (Wildman–Crippen MR) is 95.4 cm³/mol. The van der Waals surface area contributed by atoms with Crippen LogP contribution in [0.25, 0.3) is 0 Å². The van der Waals surface area contributed by atoms with E-state index in [2.05, 4.69) is 39.2 Å². The van der Waals surface area contributed by atoms with E-state index in [4.69, 9.17) is 4.74 Å². The molecule has 0 N–H and O–H groups in total. The number of aromatic nitrogens is 4. The van der Waals surface area contributed by atoms with Gasteiger partial charge in [-0.1, -0.05) is 12.8 Å². The van der Waals surface area contributed by atoms with Gasteiger partial charge in [-0.15, -0.1) is 5.10 Å². The number of rotatable bonds is 4. The Morgan fingerprint density at radius 1 is 1.19 bits per heavy atom. The number of hydrogen-bond acceptors (Lipinski definition) is 6. The molecule has 0 spiro atoms. The second kappa shape index (κ2) is 7.23. The predicted octanol–water partition coefficient (Wildman–Crippen LogP) is 1.20. The van der Waals surface area contributed by atoms with Gasteiger partial charge in [0.05, 0.1) is 6.04 Å². The quantitative estimate of drug-likeness (QED) is 0.801. The highest BCUT2D eigenvalue weighted by atomic mass is 16.5. The van der Waals surface area contributed by atoms with Crippen LogP contribution >= 0.6 is 0 Å². The van der Waals surface area contributed by atoms with Crippen molar-refractivity contribution in [2.45, 2.75) is 56.5 Å². The number of nitrogens with zero attached hydrogens (tertiary/aromatic N) is 6. The van der Waals surface area contributed by atoms with Crippen molar-refractivity contribution in [3.63, 3.8) is 0 Å². The Morgan fingerprint density at radius 2 is 1.92 bits per heavy atom. The molecule has 1 unspecified atom stereocenters. The molecule has 1 saturated carbocycles. The first kappa shape index (κ1) is 17.9. The van der Waals surface area contributed by atoms with Gasteiger partial charge in [-0.05, 0) is 56.6 Å². The summed E-state index contributed by atoms with van der Waals surface area (Å²) in [5.41, 5.74) is -0.299. The lowest BCUT2D eigenvalue weighted by molar-refractivity contribution is -0.138. The third kappa shape index (κ3) is 3.03. The largest absolute Gasteiger partial charge is 0.381 e. The zero-order valence-corrected chi connectivity index (χ0v) is 15.9. The molecule has 3 aliphatic rings. The number of tetrazole rings is 1. The molecule has 0 radical (unpaired) electrons. The van der Waals surface area contributed by atoms with Crippen molar-refractivity contribution in [2.75, 3.05) is 40.4 Å². The third-order valence-corrected chi connectivity index (χ3v) is 6.57. The van der Waals surface area contributed by atoms with Gasteiger partial charge in [-0.2, -0.15) is 0 Å². The fourth-order valence-electron chi connectivity index (χ4n) is 4.83. The fraction of sp³-hybridized carbons (Fsp3) is 0.889. The summed E-state index contributed by atoms with van der Waals surface area (Å²) in [6.07, 6.45) is 7.33. The number of hydrogen-bond donors (Lipinski definition) is 0. The standard InChI is InChI=1S/C18H30N6O2/c1-22(2)18(17-19-20-21-24(17)15-5-3-4-6-15)9-10-23(13-18)16(25)14-7-11-26-12-8-14/h14-15H,3-13H2,1-2H3. The summed E-state index contributed by atoms with van der Waals surface area (Å²) in [5, 5.41) is 12.8. The van der Waals surface area contributed by atoms with Gasteiger partial charge in [0.1, 0.15) is 5.54 Å². The maximum atomic E-state index is 13.0. The summed E-state index contributed by atoms with van der Waals surface area (Å²) in [6.45, 7) is 2.83. The van der Waals surface area contributed by atoms with E-state index in [1.807, 2.05) is 4.90 Å². The number of ether oxygens (including phenoxy) is 1. The molecule has 1 atom stereocenters. The van der Waals surface area contributed by atoms with Gasteiger partial charge in [-0.25, -0.2) is 4.68 Å². The van der Waals surface area contributed by atoms with E-state index < -0.39 is 0 Å². The molecule has 2 aliphatic heterocycles. The average molecular weight is 362 g/mol. The van der Waals surface area contributed by atoms with Crippen molar-refractivity contribution in [1.82, 2.24) is 30.0 Å². The van der Waals surface area contributed by atoms with Gasteiger partial charge in [0.2, 0.25) is 5.91 Å². The maximum absolute atomic E-state index is 13.0. The lowest BCUT2D eigenvalue weighted by atomic mass is 9.95.